The number of anilines is 1. The van der Waals surface area contributed by atoms with Gasteiger partial charge in [-0.15, -0.1) is 11.3 Å². The molecule has 26 heavy (non-hydrogen) atoms. The molecule has 2 heterocycles. The summed E-state index contributed by atoms with van der Waals surface area (Å²) < 4.78 is 42.4. The van der Waals surface area contributed by atoms with E-state index in [4.69, 9.17) is 4.74 Å². The minimum absolute atomic E-state index is 0.174. The number of amides is 2. The van der Waals surface area contributed by atoms with Crippen LogP contribution in [0.25, 0.3) is 0 Å². The van der Waals surface area contributed by atoms with Crippen LogP contribution in [0.1, 0.15) is 35.5 Å². The van der Waals surface area contributed by atoms with Gasteiger partial charge in [0.2, 0.25) is 11.8 Å². The molecule has 1 unspecified atom stereocenters. The van der Waals surface area contributed by atoms with Crippen LogP contribution in [-0.4, -0.2) is 48.6 Å². The minimum atomic E-state index is -4.51. The number of carbonyl (C=O) groups excluding carboxylic acids is 3. The zero-order chi connectivity index (χ0) is 19.5. The summed E-state index contributed by atoms with van der Waals surface area (Å²) in [5, 5.41) is 2.85. The number of halogens is 3. The van der Waals surface area contributed by atoms with Gasteiger partial charge in [-0.25, -0.2) is 4.79 Å². The molecule has 144 valence electrons. The van der Waals surface area contributed by atoms with Gasteiger partial charge in [-0.05, 0) is 19.4 Å². The predicted molar refractivity (Wildman–Crippen MR) is 89.0 cm³/mol. The zero-order valence-corrected chi connectivity index (χ0v) is 15.1. The van der Waals surface area contributed by atoms with Gasteiger partial charge in [0.15, 0.2) is 0 Å². The molecule has 2 rings (SSSR count). The van der Waals surface area contributed by atoms with Crippen molar-refractivity contribution in [2.24, 2.45) is 5.92 Å². The number of esters is 1. The third-order valence-electron chi connectivity index (χ3n) is 3.82. The van der Waals surface area contributed by atoms with Crippen LogP contribution in [0.2, 0.25) is 0 Å². The first kappa shape index (κ1) is 20.2. The van der Waals surface area contributed by atoms with Gasteiger partial charge in [-0.1, -0.05) is 6.92 Å². The summed E-state index contributed by atoms with van der Waals surface area (Å²) in [7, 11) is 0. The highest BCUT2D eigenvalue weighted by Crippen LogP contribution is 2.31. The summed E-state index contributed by atoms with van der Waals surface area (Å²) in [6.07, 6.45) is -4.15. The lowest BCUT2D eigenvalue weighted by molar-refractivity contribution is -0.157. The summed E-state index contributed by atoms with van der Waals surface area (Å²) in [6.45, 7) is 2.04. The highest BCUT2D eigenvalue weighted by atomic mass is 32.1. The monoisotopic (exact) mass is 392 g/mol. The Balaban J connectivity index is 2.09. The van der Waals surface area contributed by atoms with E-state index in [1.54, 1.807) is 13.0 Å². The molecule has 2 amide bonds. The molecule has 1 aromatic rings. The van der Waals surface area contributed by atoms with E-state index in [0.29, 0.717) is 11.3 Å². The fourth-order valence-corrected chi connectivity index (χ4v) is 3.59. The smallest absolute Gasteiger partial charge is 0.406 e. The lowest BCUT2D eigenvalue weighted by atomic mass is 10.1. The maximum absolute atomic E-state index is 12.5. The van der Waals surface area contributed by atoms with E-state index in [0.717, 1.165) is 4.88 Å². The first-order valence-corrected chi connectivity index (χ1v) is 8.91. The molecule has 1 atom stereocenters. The largest absolute Gasteiger partial charge is 0.462 e. The Kier molecular flexibility index (Phi) is 6.27. The number of rotatable bonds is 6. The summed E-state index contributed by atoms with van der Waals surface area (Å²) in [4.78, 5) is 37.6. The predicted octanol–water partition coefficient (Wildman–Crippen LogP) is 2.84. The van der Waals surface area contributed by atoms with Crippen molar-refractivity contribution in [3.8, 4) is 0 Å². The molecule has 1 saturated heterocycles. The SMILES string of the molecule is CCOC(=O)c1cc(CC)sc1NC(=O)C1CC(=O)N(CC(F)(F)F)C1. The molecular formula is C16H19F3N2O4S. The third kappa shape index (κ3) is 4.96. The Morgan fingerprint density at radius 1 is 1.38 bits per heavy atom. The number of ether oxygens (including phenoxy) is 1. The van der Waals surface area contributed by atoms with Crippen molar-refractivity contribution >= 4 is 34.1 Å². The fourth-order valence-electron chi connectivity index (χ4n) is 2.60. The van der Waals surface area contributed by atoms with Crippen LogP contribution in [0.15, 0.2) is 6.07 Å². The summed E-state index contributed by atoms with van der Waals surface area (Å²) in [5.41, 5.74) is 0.207. The third-order valence-corrected chi connectivity index (χ3v) is 5.01. The van der Waals surface area contributed by atoms with Crippen LogP contribution < -0.4 is 5.32 Å². The topological polar surface area (TPSA) is 75.7 Å². The first-order valence-electron chi connectivity index (χ1n) is 8.09. The number of thiophene rings is 1. The Bertz CT molecular complexity index is 702. The Hall–Kier alpha value is -2.10. The molecule has 6 nitrogen and oxygen atoms in total. The highest BCUT2D eigenvalue weighted by Gasteiger charge is 2.40. The van der Waals surface area contributed by atoms with Crippen molar-refractivity contribution in [2.45, 2.75) is 32.9 Å². The van der Waals surface area contributed by atoms with Crippen molar-refractivity contribution in [3.05, 3.63) is 16.5 Å². The minimum Gasteiger partial charge on any atom is -0.462 e. The molecular weight excluding hydrogens is 373 g/mol. The van der Waals surface area contributed by atoms with Gasteiger partial charge in [0.05, 0.1) is 18.1 Å². The molecule has 0 saturated carbocycles. The average Bonchev–Trinajstić information content (AvgIpc) is 3.10. The molecule has 0 aliphatic carbocycles. The van der Waals surface area contributed by atoms with E-state index in [1.807, 2.05) is 6.92 Å². The number of nitrogens with one attached hydrogen (secondary N) is 1. The Morgan fingerprint density at radius 2 is 2.08 bits per heavy atom. The summed E-state index contributed by atoms with van der Waals surface area (Å²) in [6, 6.07) is 1.62. The molecule has 10 heteroatoms. The number of carbonyl (C=O) groups is 3. The molecule has 0 bridgehead atoms. The van der Waals surface area contributed by atoms with Crippen molar-refractivity contribution in [3.63, 3.8) is 0 Å². The van der Waals surface area contributed by atoms with Crippen LogP contribution in [0.5, 0.6) is 0 Å². The van der Waals surface area contributed by atoms with Gasteiger partial charge in [0, 0.05) is 17.8 Å². The summed E-state index contributed by atoms with van der Waals surface area (Å²) in [5.74, 6) is -2.78. The lowest BCUT2D eigenvalue weighted by Gasteiger charge is -2.18. The second-order valence-corrected chi connectivity index (χ2v) is 6.95. The Morgan fingerprint density at radius 3 is 2.65 bits per heavy atom. The molecule has 0 radical (unpaired) electrons. The molecule has 1 aliphatic rings. The quantitative estimate of drug-likeness (QED) is 0.756. The molecule has 0 spiro atoms. The van der Waals surface area contributed by atoms with Crippen LogP contribution in [0.3, 0.4) is 0 Å². The van der Waals surface area contributed by atoms with Crippen molar-refractivity contribution in [2.75, 3.05) is 25.0 Å². The van der Waals surface area contributed by atoms with Gasteiger partial charge in [0.1, 0.15) is 11.5 Å². The van der Waals surface area contributed by atoms with E-state index in [1.165, 1.54) is 11.3 Å². The summed E-state index contributed by atoms with van der Waals surface area (Å²) >= 11 is 1.20. The van der Waals surface area contributed by atoms with Gasteiger partial charge in [0.25, 0.3) is 0 Å². The molecule has 0 aromatic carbocycles. The second-order valence-electron chi connectivity index (χ2n) is 5.81. The maximum Gasteiger partial charge on any atom is 0.406 e. The highest BCUT2D eigenvalue weighted by molar-refractivity contribution is 7.16. The Labute approximate surface area is 152 Å². The first-order chi connectivity index (χ1) is 12.1. The maximum atomic E-state index is 12.5. The fraction of sp³-hybridized carbons (Fsp3) is 0.562. The number of hydrogen-bond donors (Lipinski definition) is 1. The van der Waals surface area contributed by atoms with Crippen molar-refractivity contribution < 1.29 is 32.3 Å². The van der Waals surface area contributed by atoms with Gasteiger partial charge < -0.3 is 15.0 Å². The van der Waals surface area contributed by atoms with Gasteiger partial charge >= 0.3 is 12.1 Å². The normalized spacial score (nSPS) is 17.5. The molecule has 1 N–H and O–H groups in total. The molecule has 1 aliphatic heterocycles. The number of aryl methyl sites for hydroxylation is 1. The van der Waals surface area contributed by atoms with Crippen LogP contribution in [0, 0.1) is 5.92 Å². The van der Waals surface area contributed by atoms with Gasteiger partial charge in [-0.2, -0.15) is 13.2 Å². The van der Waals surface area contributed by atoms with Gasteiger partial charge in [-0.3, -0.25) is 9.59 Å². The standard InChI is InChI=1S/C16H19F3N2O4S/c1-3-10-6-11(15(24)25-4-2)14(26-10)20-13(23)9-5-12(22)21(7-9)8-16(17,18)19/h6,9H,3-5,7-8H2,1-2H3,(H,20,23). The molecule has 1 aromatic heterocycles. The lowest BCUT2D eigenvalue weighted by Crippen LogP contribution is -2.36. The number of nitrogens with zero attached hydrogens (tertiary/aromatic N) is 1. The van der Waals surface area contributed by atoms with Crippen LogP contribution >= 0.6 is 11.3 Å². The average molecular weight is 392 g/mol. The van der Waals surface area contributed by atoms with E-state index < -0.39 is 36.4 Å². The van der Waals surface area contributed by atoms with E-state index in [-0.39, 0.29) is 30.1 Å². The van der Waals surface area contributed by atoms with E-state index in [9.17, 15) is 27.6 Å². The van der Waals surface area contributed by atoms with E-state index >= 15 is 0 Å². The second kappa shape index (κ2) is 8.07. The van der Waals surface area contributed by atoms with Crippen molar-refractivity contribution in [1.29, 1.82) is 0 Å². The zero-order valence-electron chi connectivity index (χ0n) is 14.3. The number of hydrogen-bond acceptors (Lipinski definition) is 5. The molecule has 1 fully saturated rings. The van der Waals surface area contributed by atoms with E-state index in [2.05, 4.69) is 5.32 Å². The van der Waals surface area contributed by atoms with Crippen LogP contribution in [0.4, 0.5) is 18.2 Å². The van der Waals surface area contributed by atoms with Crippen molar-refractivity contribution in [1.82, 2.24) is 4.90 Å². The number of alkyl halides is 3. The van der Waals surface area contributed by atoms with Crippen LogP contribution in [-0.2, 0) is 20.7 Å². The number of likely N-dealkylation sites (tertiary alicyclic amines) is 1.